The molecule has 0 spiro atoms. The van der Waals surface area contributed by atoms with E-state index in [0.29, 0.717) is 13.2 Å². The van der Waals surface area contributed by atoms with Crippen LogP contribution in [-0.4, -0.2) is 54.9 Å². The van der Waals surface area contributed by atoms with Gasteiger partial charge < -0.3 is 24.8 Å². The molecule has 1 aliphatic rings. The fraction of sp³-hybridized carbons (Fsp3) is 0.579. The first-order chi connectivity index (χ1) is 12.4. The second kappa shape index (κ2) is 9.43. The van der Waals surface area contributed by atoms with Gasteiger partial charge in [0.15, 0.2) is 0 Å². The van der Waals surface area contributed by atoms with Gasteiger partial charge in [-0.3, -0.25) is 4.79 Å². The lowest BCUT2D eigenvalue weighted by atomic mass is 10.1. The SMILES string of the molecule is Cc1ccc(CNC(=O)N(C)CC(C)C(=O)O)c(OCC2CCCO2)c1. The number of carboxylic acids is 1. The molecule has 1 aromatic carbocycles. The van der Waals surface area contributed by atoms with Crippen molar-refractivity contribution in [2.24, 2.45) is 5.92 Å². The molecule has 1 aliphatic heterocycles. The predicted octanol–water partition coefficient (Wildman–Crippen LogP) is 2.41. The summed E-state index contributed by atoms with van der Waals surface area (Å²) >= 11 is 0. The number of carbonyl (C=O) groups excluding carboxylic acids is 1. The maximum absolute atomic E-state index is 12.2. The quantitative estimate of drug-likeness (QED) is 0.740. The van der Waals surface area contributed by atoms with Crippen LogP contribution in [0.15, 0.2) is 18.2 Å². The van der Waals surface area contributed by atoms with Gasteiger partial charge in [0.05, 0.1) is 12.0 Å². The third-order valence-electron chi connectivity index (χ3n) is 4.42. The molecule has 1 saturated heterocycles. The van der Waals surface area contributed by atoms with Crippen LogP contribution in [0.3, 0.4) is 0 Å². The largest absolute Gasteiger partial charge is 0.491 e. The van der Waals surface area contributed by atoms with Crippen LogP contribution in [-0.2, 0) is 16.1 Å². The molecule has 7 heteroatoms. The molecule has 2 N–H and O–H groups in total. The number of aliphatic carboxylic acids is 1. The maximum atomic E-state index is 12.2. The number of hydrogen-bond acceptors (Lipinski definition) is 4. The second-order valence-corrected chi connectivity index (χ2v) is 6.84. The molecule has 2 rings (SSSR count). The number of carbonyl (C=O) groups is 2. The minimum absolute atomic E-state index is 0.126. The Kier molecular flexibility index (Phi) is 7.26. The Balaban J connectivity index is 1.91. The van der Waals surface area contributed by atoms with E-state index in [1.165, 1.54) is 4.90 Å². The number of nitrogens with one attached hydrogen (secondary N) is 1. The molecule has 2 unspecified atom stereocenters. The highest BCUT2D eigenvalue weighted by atomic mass is 16.5. The van der Waals surface area contributed by atoms with E-state index < -0.39 is 11.9 Å². The van der Waals surface area contributed by atoms with Gasteiger partial charge in [0, 0.05) is 32.3 Å². The van der Waals surface area contributed by atoms with Crippen LogP contribution in [0.2, 0.25) is 0 Å². The van der Waals surface area contributed by atoms with Crippen molar-refractivity contribution in [1.29, 1.82) is 0 Å². The Morgan fingerprint density at radius 2 is 2.23 bits per heavy atom. The standard InChI is InChI=1S/C19H28N2O5/c1-13-6-7-15(17(9-13)26-12-16-5-4-8-25-16)10-20-19(24)21(3)11-14(2)18(22)23/h6-7,9,14,16H,4-5,8,10-12H2,1-3H3,(H,20,24)(H,22,23). The highest BCUT2D eigenvalue weighted by Gasteiger charge is 2.19. The zero-order valence-electron chi connectivity index (χ0n) is 15.7. The van der Waals surface area contributed by atoms with Gasteiger partial charge in [0.25, 0.3) is 0 Å². The van der Waals surface area contributed by atoms with Crippen molar-refractivity contribution in [3.05, 3.63) is 29.3 Å². The van der Waals surface area contributed by atoms with E-state index >= 15 is 0 Å². The van der Waals surface area contributed by atoms with Crippen molar-refractivity contribution < 1.29 is 24.2 Å². The summed E-state index contributed by atoms with van der Waals surface area (Å²) in [6, 6.07) is 5.53. The molecule has 144 valence electrons. The highest BCUT2D eigenvalue weighted by molar-refractivity contribution is 5.75. The van der Waals surface area contributed by atoms with Crippen LogP contribution in [0.5, 0.6) is 5.75 Å². The smallest absolute Gasteiger partial charge is 0.317 e. The summed E-state index contributed by atoms with van der Waals surface area (Å²) in [5, 5.41) is 11.8. The van der Waals surface area contributed by atoms with Gasteiger partial charge in [0.1, 0.15) is 12.4 Å². The lowest BCUT2D eigenvalue weighted by Crippen LogP contribution is -2.40. The van der Waals surface area contributed by atoms with Crippen molar-refractivity contribution in [1.82, 2.24) is 10.2 Å². The number of urea groups is 1. The number of ether oxygens (including phenoxy) is 2. The van der Waals surface area contributed by atoms with Crippen molar-refractivity contribution in [2.45, 2.75) is 39.3 Å². The van der Waals surface area contributed by atoms with Crippen molar-refractivity contribution in [2.75, 3.05) is 26.8 Å². The van der Waals surface area contributed by atoms with E-state index in [1.54, 1.807) is 14.0 Å². The van der Waals surface area contributed by atoms with Crippen LogP contribution < -0.4 is 10.1 Å². The molecule has 1 aromatic rings. The number of carboxylic acid groups (broad SMARTS) is 1. The Morgan fingerprint density at radius 3 is 2.88 bits per heavy atom. The summed E-state index contributed by atoms with van der Waals surface area (Å²) < 4.78 is 11.5. The van der Waals surface area contributed by atoms with Crippen LogP contribution >= 0.6 is 0 Å². The zero-order valence-corrected chi connectivity index (χ0v) is 15.7. The first kappa shape index (κ1) is 20.0. The van der Waals surface area contributed by atoms with Gasteiger partial charge in [-0.1, -0.05) is 19.1 Å². The molecule has 0 bridgehead atoms. The van der Waals surface area contributed by atoms with E-state index in [4.69, 9.17) is 14.6 Å². The molecule has 0 aromatic heterocycles. The fourth-order valence-corrected chi connectivity index (χ4v) is 2.78. The van der Waals surface area contributed by atoms with E-state index in [9.17, 15) is 9.59 Å². The Morgan fingerprint density at radius 1 is 1.46 bits per heavy atom. The Bertz CT molecular complexity index is 628. The highest BCUT2D eigenvalue weighted by Crippen LogP contribution is 2.22. The van der Waals surface area contributed by atoms with Gasteiger partial charge in [-0.05, 0) is 31.4 Å². The minimum atomic E-state index is -0.923. The van der Waals surface area contributed by atoms with Crippen LogP contribution in [0.1, 0.15) is 30.9 Å². The third-order valence-corrected chi connectivity index (χ3v) is 4.42. The van der Waals surface area contributed by atoms with Crippen molar-refractivity contribution in [3.63, 3.8) is 0 Å². The molecule has 0 saturated carbocycles. The number of aryl methyl sites for hydroxylation is 1. The van der Waals surface area contributed by atoms with Gasteiger partial charge in [-0.2, -0.15) is 0 Å². The topological polar surface area (TPSA) is 88.1 Å². The lowest BCUT2D eigenvalue weighted by molar-refractivity contribution is -0.141. The second-order valence-electron chi connectivity index (χ2n) is 6.84. The van der Waals surface area contributed by atoms with Crippen LogP contribution in [0.4, 0.5) is 4.79 Å². The first-order valence-electron chi connectivity index (χ1n) is 8.92. The summed E-state index contributed by atoms with van der Waals surface area (Å²) in [5.41, 5.74) is 1.96. The summed E-state index contributed by atoms with van der Waals surface area (Å²) in [4.78, 5) is 24.5. The van der Waals surface area contributed by atoms with E-state index in [1.807, 2.05) is 25.1 Å². The predicted molar refractivity (Wildman–Crippen MR) is 97.3 cm³/mol. The molecule has 1 fully saturated rings. The molecule has 26 heavy (non-hydrogen) atoms. The number of benzene rings is 1. The van der Waals surface area contributed by atoms with Gasteiger partial charge in [-0.15, -0.1) is 0 Å². The summed E-state index contributed by atoms with van der Waals surface area (Å²) in [7, 11) is 1.58. The zero-order chi connectivity index (χ0) is 19.1. The Labute approximate surface area is 154 Å². The monoisotopic (exact) mass is 364 g/mol. The molecule has 2 atom stereocenters. The van der Waals surface area contributed by atoms with Gasteiger partial charge in [-0.25, -0.2) is 4.79 Å². The van der Waals surface area contributed by atoms with Gasteiger partial charge in [0.2, 0.25) is 0 Å². The first-order valence-corrected chi connectivity index (χ1v) is 8.92. The molecule has 0 radical (unpaired) electrons. The van der Waals surface area contributed by atoms with Gasteiger partial charge >= 0.3 is 12.0 Å². The molecule has 2 amide bonds. The average Bonchev–Trinajstić information content (AvgIpc) is 3.12. The van der Waals surface area contributed by atoms with E-state index in [0.717, 1.165) is 36.3 Å². The molecule has 1 heterocycles. The normalized spacial score (nSPS) is 17.6. The van der Waals surface area contributed by atoms with Crippen LogP contribution in [0.25, 0.3) is 0 Å². The lowest BCUT2D eigenvalue weighted by Gasteiger charge is -2.21. The number of nitrogens with zero attached hydrogens (tertiary/aromatic N) is 1. The number of rotatable bonds is 8. The third kappa shape index (κ3) is 5.91. The number of amides is 2. The molecular weight excluding hydrogens is 336 g/mol. The molecular formula is C19H28N2O5. The summed E-state index contributed by atoms with van der Waals surface area (Å²) in [5.74, 6) is -0.800. The molecule has 7 nitrogen and oxygen atoms in total. The van der Waals surface area contributed by atoms with E-state index in [2.05, 4.69) is 5.32 Å². The van der Waals surface area contributed by atoms with Crippen LogP contribution in [0, 0.1) is 12.8 Å². The van der Waals surface area contributed by atoms with Crippen molar-refractivity contribution in [3.8, 4) is 5.75 Å². The summed E-state index contributed by atoms with van der Waals surface area (Å²) in [6.07, 6.45) is 2.19. The summed E-state index contributed by atoms with van der Waals surface area (Å²) in [6.45, 7) is 5.31. The minimum Gasteiger partial charge on any atom is -0.491 e. The molecule has 0 aliphatic carbocycles. The average molecular weight is 364 g/mol. The maximum Gasteiger partial charge on any atom is 0.317 e. The Hall–Kier alpha value is -2.28. The fourth-order valence-electron chi connectivity index (χ4n) is 2.78. The number of hydrogen-bond donors (Lipinski definition) is 2. The van der Waals surface area contributed by atoms with E-state index in [-0.39, 0.29) is 18.7 Å². The van der Waals surface area contributed by atoms with Crippen molar-refractivity contribution >= 4 is 12.0 Å².